The van der Waals surface area contributed by atoms with Gasteiger partial charge in [0.2, 0.25) is 5.91 Å². The van der Waals surface area contributed by atoms with Gasteiger partial charge in [-0.1, -0.05) is 12.1 Å². The van der Waals surface area contributed by atoms with Crippen LogP contribution >= 0.6 is 11.8 Å². The molecule has 7 heteroatoms. The highest BCUT2D eigenvalue weighted by Crippen LogP contribution is 2.31. The normalized spacial score (nSPS) is 15.5. The summed E-state index contributed by atoms with van der Waals surface area (Å²) in [7, 11) is 0. The van der Waals surface area contributed by atoms with E-state index in [0.29, 0.717) is 35.2 Å². The summed E-state index contributed by atoms with van der Waals surface area (Å²) in [5.74, 6) is 0.0730. The number of rotatable bonds is 5. The zero-order chi connectivity index (χ0) is 18.8. The monoisotopic (exact) mass is 381 g/mol. The molecular weight excluding hydrogens is 362 g/mol. The molecule has 2 aromatic carbocycles. The number of fused-ring (bicyclic) bond motifs is 1. The number of carbonyl (C=O) groups excluding carboxylic acids is 3. The van der Waals surface area contributed by atoms with E-state index in [1.165, 1.54) is 11.8 Å². The summed E-state index contributed by atoms with van der Waals surface area (Å²) in [4.78, 5) is 36.8. The molecular formula is C20H19N3O3S. The first-order valence-corrected chi connectivity index (χ1v) is 9.82. The Kier molecular flexibility index (Phi) is 4.85. The van der Waals surface area contributed by atoms with Gasteiger partial charge in [-0.3, -0.25) is 14.4 Å². The van der Waals surface area contributed by atoms with E-state index in [1.54, 1.807) is 24.3 Å². The largest absolute Gasteiger partial charge is 0.349 e. The third kappa shape index (κ3) is 4.31. The van der Waals surface area contributed by atoms with Crippen molar-refractivity contribution in [1.82, 2.24) is 10.6 Å². The first-order chi connectivity index (χ1) is 13.1. The van der Waals surface area contributed by atoms with Crippen molar-refractivity contribution in [3.05, 3.63) is 59.2 Å². The van der Waals surface area contributed by atoms with Crippen LogP contribution in [-0.2, 0) is 11.3 Å². The summed E-state index contributed by atoms with van der Waals surface area (Å²) in [5.41, 5.74) is 2.71. The number of carbonyl (C=O) groups is 3. The molecule has 138 valence electrons. The van der Waals surface area contributed by atoms with Crippen molar-refractivity contribution >= 4 is 35.2 Å². The fourth-order valence-corrected chi connectivity index (χ4v) is 3.57. The predicted molar refractivity (Wildman–Crippen MR) is 104 cm³/mol. The van der Waals surface area contributed by atoms with Gasteiger partial charge >= 0.3 is 0 Å². The standard InChI is InChI=1S/C20H19N3O3S/c24-18-11-27-17-8-5-14(9-16(17)23-18)19(25)21-10-12-1-3-13(4-2-12)20(26)22-15-6-7-15/h1-5,8-9,15H,6-7,10-11H2,(H,21,25)(H,22,26)(H,23,24). The summed E-state index contributed by atoms with van der Waals surface area (Å²) in [5, 5.41) is 8.60. The van der Waals surface area contributed by atoms with E-state index in [0.717, 1.165) is 23.3 Å². The lowest BCUT2D eigenvalue weighted by Gasteiger charge is -2.17. The van der Waals surface area contributed by atoms with Crippen LogP contribution in [0.5, 0.6) is 0 Å². The Morgan fingerprint density at radius 2 is 1.78 bits per heavy atom. The maximum atomic E-state index is 12.4. The molecule has 0 spiro atoms. The molecule has 1 saturated carbocycles. The van der Waals surface area contributed by atoms with Crippen LogP contribution in [0, 0.1) is 0 Å². The van der Waals surface area contributed by atoms with Crippen molar-refractivity contribution in [2.45, 2.75) is 30.3 Å². The summed E-state index contributed by atoms with van der Waals surface area (Å²) in [6.07, 6.45) is 2.11. The molecule has 6 nitrogen and oxygen atoms in total. The second kappa shape index (κ2) is 7.44. The third-order valence-corrected chi connectivity index (χ3v) is 5.53. The molecule has 4 rings (SSSR count). The number of thioether (sulfide) groups is 1. The average molecular weight is 381 g/mol. The van der Waals surface area contributed by atoms with Crippen LogP contribution in [0.1, 0.15) is 39.1 Å². The molecule has 0 saturated heterocycles. The van der Waals surface area contributed by atoms with Crippen molar-refractivity contribution < 1.29 is 14.4 Å². The Bertz CT molecular complexity index is 907. The maximum Gasteiger partial charge on any atom is 0.251 e. The average Bonchev–Trinajstić information content (AvgIpc) is 3.49. The molecule has 1 fully saturated rings. The molecule has 3 N–H and O–H groups in total. The van der Waals surface area contributed by atoms with Gasteiger partial charge in [0.15, 0.2) is 0 Å². The first-order valence-electron chi connectivity index (χ1n) is 8.83. The summed E-state index contributed by atoms with van der Waals surface area (Å²) in [6, 6.07) is 12.8. The molecule has 0 unspecified atom stereocenters. The third-order valence-electron chi connectivity index (χ3n) is 4.46. The number of amides is 3. The second-order valence-corrected chi connectivity index (χ2v) is 7.69. The smallest absolute Gasteiger partial charge is 0.251 e. The Morgan fingerprint density at radius 3 is 2.52 bits per heavy atom. The van der Waals surface area contributed by atoms with Crippen LogP contribution in [0.2, 0.25) is 0 Å². The van der Waals surface area contributed by atoms with Crippen LogP contribution in [-0.4, -0.2) is 29.5 Å². The van der Waals surface area contributed by atoms with Gasteiger partial charge in [0.1, 0.15) is 0 Å². The zero-order valence-corrected chi connectivity index (χ0v) is 15.4. The highest BCUT2D eigenvalue weighted by atomic mass is 32.2. The summed E-state index contributed by atoms with van der Waals surface area (Å²) in [6.45, 7) is 0.363. The SMILES string of the molecule is O=C1CSc2ccc(C(=O)NCc3ccc(C(=O)NC4CC4)cc3)cc2N1. The fourth-order valence-electron chi connectivity index (χ4n) is 2.78. The number of benzene rings is 2. The number of hydrogen-bond acceptors (Lipinski definition) is 4. The van der Waals surface area contributed by atoms with E-state index in [9.17, 15) is 14.4 Å². The molecule has 1 aliphatic carbocycles. The highest BCUT2D eigenvalue weighted by molar-refractivity contribution is 8.00. The zero-order valence-electron chi connectivity index (χ0n) is 14.6. The van der Waals surface area contributed by atoms with Gasteiger partial charge in [-0.05, 0) is 48.7 Å². The minimum atomic E-state index is -0.210. The van der Waals surface area contributed by atoms with Gasteiger partial charge in [0, 0.05) is 28.6 Å². The molecule has 2 aliphatic rings. The van der Waals surface area contributed by atoms with Crippen LogP contribution < -0.4 is 16.0 Å². The molecule has 0 bridgehead atoms. The van der Waals surface area contributed by atoms with Crippen molar-refractivity contribution in [2.24, 2.45) is 0 Å². The number of nitrogens with one attached hydrogen (secondary N) is 3. The lowest BCUT2D eigenvalue weighted by molar-refractivity contribution is -0.113. The minimum absolute atomic E-state index is 0.0536. The Hall–Kier alpha value is -2.80. The number of anilines is 1. The lowest BCUT2D eigenvalue weighted by Crippen LogP contribution is -2.25. The molecule has 27 heavy (non-hydrogen) atoms. The molecule has 3 amide bonds. The van der Waals surface area contributed by atoms with Crippen molar-refractivity contribution in [1.29, 1.82) is 0 Å². The quantitative estimate of drug-likeness (QED) is 0.743. The molecule has 1 aliphatic heterocycles. The van der Waals surface area contributed by atoms with Gasteiger partial charge in [-0.15, -0.1) is 11.8 Å². The summed E-state index contributed by atoms with van der Waals surface area (Å²) >= 11 is 1.46. The van der Waals surface area contributed by atoms with Crippen molar-refractivity contribution in [3.63, 3.8) is 0 Å². The Labute approximate surface area is 161 Å². The first kappa shape index (κ1) is 17.6. The van der Waals surface area contributed by atoms with E-state index in [4.69, 9.17) is 0 Å². The van der Waals surface area contributed by atoms with Gasteiger partial charge in [0.25, 0.3) is 11.8 Å². The van der Waals surface area contributed by atoms with E-state index >= 15 is 0 Å². The van der Waals surface area contributed by atoms with Crippen molar-refractivity contribution in [2.75, 3.05) is 11.1 Å². The molecule has 2 aromatic rings. The van der Waals surface area contributed by atoms with E-state index < -0.39 is 0 Å². The molecule has 1 heterocycles. The molecule has 0 aromatic heterocycles. The van der Waals surface area contributed by atoms with E-state index in [2.05, 4.69) is 16.0 Å². The molecule has 0 atom stereocenters. The van der Waals surface area contributed by atoms with Crippen molar-refractivity contribution in [3.8, 4) is 0 Å². The van der Waals surface area contributed by atoms with Gasteiger partial charge < -0.3 is 16.0 Å². The second-order valence-electron chi connectivity index (χ2n) is 6.68. The summed E-state index contributed by atoms with van der Waals surface area (Å²) < 4.78 is 0. The number of hydrogen-bond donors (Lipinski definition) is 3. The fraction of sp³-hybridized carbons (Fsp3) is 0.250. The predicted octanol–water partition coefficient (Wildman–Crippen LogP) is 2.55. The Balaban J connectivity index is 1.35. The molecule has 0 radical (unpaired) electrons. The van der Waals surface area contributed by atoms with Crippen LogP contribution in [0.4, 0.5) is 5.69 Å². The maximum absolute atomic E-state index is 12.4. The Morgan fingerprint density at radius 1 is 1.04 bits per heavy atom. The topological polar surface area (TPSA) is 87.3 Å². The van der Waals surface area contributed by atoms with Gasteiger partial charge in [0.05, 0.1) is 11.4 Å². The van der Waals surface area contributed by atoms with Gasteiger partial charge in [-0.25, -0.2) is 0 Å². The minimum Gasteiger partial charge on any atom is -0.349 e. The van der Waals surface area contributed by atoms with Gasteiger partial charge in [-0.2, -0.15) is 0 Å². The van der Waals surface area contributed by atoms with E-state index in [-0.39, 0.29) is 17.7 Å². The van der Waals surface area contributed by atoms with Crippen LogP contribution in [0.15, 0.2) is 47.4 Å². The van der Waals surface area contributed by atoms with Crippen LogP contribution in [0.25, 0.3) is 0 Å². The van der Waals surface area contributed by atoms with E-state index in [1.807, 2.05) is 18.2 Å². The van der Waals surface area contributed by atoms with Crippen LogP contribution in [0.3, 0.4) is 0 Å². The highest BCUT2D eigenvalue weighted by Gasteiger charge is 2.23. The lowest BCUT2D eigenvalue weighted by atomic mass is 10.1.